The van der Waals surface area contributed by atoms with Crippen molar-refractivity contribution in [1.82, 2.24) is 0 Å². The molecule has 0 bridgehead atoms. The third-order valence-corrected chi connectivity index (χ3v) is 3.58. The van der Waals surface area contributed by atoms with E-state index in [1.165, 1.54) is 12.8 Å². The number of hydrogen-bond donors (Lipinski definition) is 2. The highest BCUT2D eigenvalue weighted by Crippen LogP contribution is 2.15. The molecule has 0 radical (unpaired) electrons. The molecule has 0 aliphatic heterocycles. The first-order chi connectivity index (χ1) is 9.65. The van der Waals surface area contributed by atoms with Gasteiger partial charge in [-0.2, -0.15) is 0 Å². The first kappa shape index (κ1) is 17.1. The van der Waals surface area contributed by atoms with E-state index in [1.54, 1.807) is 0 Å². The number of unbranched alkanes of at least 4 members (excludes halogenated alkanes) is 2. The fourth-order valence-corrected chi connectivity index (χ4v) is 2.28. The maximum absolute atomic E-state index is 5.30. The van der Waals surface area contributed by atoms with Crippen LogP contribution in [0.4, 0.5) is 11.4 Å². The summed E-state index contributed by atoms with van der Waals surface area (Å²) in [7, 11) is 0. The van der Waals surface area contributed by atoms with Gasteiger partial charge in [0.05, 0.1) is 9.98 Å². The second kappa shape index (κ2) is 9.83. The minimum atomic E-state index is 0.908. The lowest BCUT2D eigenvalue weighted by molar-refractivity contribution is 0.839. The average Bonchev–Trinajstić information content (AvgIpc) is 2.45. The van der Waals surface area contributed by atoms with Crippen LogP contribution in [0, 0.1) is 0 Å². The van der Waals surface area contributed by atoms with Crippen LogP contribution in [0.2, 0.25) is 0 Å². The molecule has 2 N–H and O–H groups in total. The van der Waals surface area contributed by atoms with Gasteiger partial charge in [-0.15, -0.1) is 0 Å². The van der Waals surface area contributed by atoms with Crippen LogP contribution in [0.1, 0.15) is 52.4 Å². The van der Waals surface area contributed by atoms with Crippen LogP contribution in [0.15, 0.2) is 24.3 Å². The highest BCUT2D eigenvalue weighted by Gasteiger charge is 2.00. The molecule has 110 valence electrons. The molecular weight excluding hydrogens is 284 g/mol. The Labute approximate surface area is 133 Å². The predicted molar refractivity (Wildman–Crippen MR) is 97.9 cm³/mol. The predicted octanol–water partition coefficient (Wildman–Crippen LogP) is 5.55. The zero-order valence-electron chi connectivity index (χ0n) is 12.4. The Bertz CT molecular complexity index is 386. The highest BCUT2D eigenvalue weighted by atomic mass is 32.1. The largest absolute Gasteiger partial charge is 0.350 e. The first-order valence-electron chi connectivity index (χ1n) is 7.35. The number of thiocarbonyl (C=S) groups is 2. The van der Waals surface area contributed by atoms with E-state index in [2.05, 4.69) is 24.5 Å². The molecule has 0 aliphatic rings. The molecule has 0 heterocycles. The van der Waals surface area contributed by atoms with Crippen LogP contribution in [-0.2, 0) is 0 Å². The van der Waals surface area contributed by atoms with Crippen LogP contribution < -0.4 is 10.6 Å². The first-order valence-corrected chi connectivity index (χ1v) is 8.17. The van der Waals surface area contributed by atoms with Gasteiger partial charge in [0.25, 0.3) is 0 Å². The number of hydrogen-bond acceptors (Lipinski definition) is 2. The Kier molecular flexibility index (Phi) is 8.38. The summed E-state index contributed by atoms with van der Waals surface area (Å²) in [4.78, 5) is 1.82. The van der Waals surface area contributed by atoms with Gasteiger partial charge in [-0.3, -0.25) is 0 Å². The van der Waals surface area contributed by atoms with E-state index < -0.39 is 0 Å². The lowest BCUT2D eigenvalue weighted by atomic mass is 10.2. The number of nitrogens with one attached hydrogen (secondary N) is 2. The lowest BCUT2D eigenvalue weighted by Gasteiger charge is -2.10. The second-order valence-corrected chi connectivity index (χ2v) is 5.87. The van der Waals surface area contributed by atoms with Crippen molar-refractivity contribution in [1.29, 1.82) is 0 Å². The molecule has 4 heteroatoms. The van der Waals surface area contributed by atoms with E-state index in [4.69, 9.17) is 24.4 Å². The topological polar surface area (TPSA) is 24.1 Å². The second-order valence-electron chi connectivity index (χ2n) is 4.88. The maximum Gasteiger partial charge on any atom is 0.0797 e. The lowest BCUT2D eigenvalue weighted by Crippen LogP contribution is -2.10. The highest BCUT2D eigenvalue weighted by molar-refractivity contribution is 7.80. The van der Waals surface area contributed by atoms with Crippen molar-refractivity contribution in [3.05, 3.63) is 24.3 Å². The van der Waals surface area contributed by atoms with Gasteiger partial charge in [0, 0.05) is 11.4 Å². The van der Waals surface area contributed by atoms with E-state index in [0.29, 0.717) is 0 Å². The van der Waals surface area contributed by atoms with Crippen molar-refractivity contribution in [3.8, 4) is 0 Å². The third-order valence-electron chi connectivity index (χ3n) is 2.97. The van der Waals surface area contributed by atoms with Crippen LogP contribution in [-0.4, -0.2) is 9.98 Å². The Morgan fingerprint density at radius 2 is 1.15 bits per heavy atom. The average molecular weight is 309 g/mol. The van der Waals surface area contributed by atoms with Gasteiger partial charge in [-0.1, -0.05) is 51.1 Å². The molecule has 1 aromatic rings. The summed E-state index contributed by atoms with van der Waals surface area (Å²) in [5, 5.41) is 6.52. The molecule has 0 atom stereocenters. The molecule has 0 spiro atoms. The quantitative estimate of drug-likeness (QED) is 0.615. The molecular formula is C16H24N2S2. The van der Waals surface area contributed by atoms with Gasteiger partial charge in [-0.25, -0.2) is 0 Å². The molecule has 20 heavy (non-hydrogen) atoms. The number of anilines is 2. The number of benzene rings is 1. The summed E-state index contributed by atoms with van der Waals surface area (Å²) >= 11 is 10.6. The van der Waals surface area contributed by atoms with Crippen molar-refractivity contribution in [3.63, 3.8) is 0 Å². The van der Waals surface area contributed by atoms with Gasteiger partial charge in [0.2, 0.25) is 0 Å². The number of rotatable bonds is 8. The van der Waals surface area contributed by atoms with Crippen molar-refractivity contribution >= 4 is 45.8 Å². The molecule has 0 unspecified atom stereocenters. The van der Waals surface area contributed by atoms with Gasteiger partial charge in [0.15, 0.2) is 0 Å². The fraction of sp³-hybridized carbons (Fsp3) is 0.500. The van der Waals surface area contributed by atoms with Gasteiger partial charge < -0.3 is 10.6 Å². The molecule has 1 rings (SSSR count). The maximum atomic E-state index is 5.30. The van der Waals surface area contributed by atoms with Gasteiger partial charge in [-0.05, 0) is 49.9 Å². The Morgan fingerprint density at radius 3 is 1.45 bits per heavy atom. The summed E-state index contributed by atoms with van der Waals surface area (Å²) in [6.45, 7) is 4.34. The minimum Gasteiger partial charge on any atom is -0.350 e. The van der Waals surface area contributed by atoms with Crippen LogP contribution in [0.3, 0.4) is 0 Å². The Hall–Kier alpha value is -1.00. The summed E-state index contributed by atoms with van der Waals surface area (Å²) < 4.78 is 0. The monoisotopic (exact) mass is 308 g/mol. The molecule has 0 aromatic heterocycles. The van der Waals surface area contributed by atoms with Crippen molar-refractivity contribution in [2.45, 2.75) is 52.4 Å². The molecule has 0 saturated heterocycles. The van der Waals surface area contributed by atoms with Gasteiger partial charge in [0.1, 0.15) is 0 Å². The van der Waals surface area contributed by atoms with E-state index in [1.807, 2.05) is 24.3 Å². The summed E-state index contributed by atoms with van der Waals surface area (Å²) in [5.41, 5.74) is 2.08. The van der Waals surface area contributed by atoms with E-state index >= 15 is 0 Å². The summed E-state index contributed by atoms with van der Waals surface area (Å²) in [6.07, 6.45) is 6.51. The smallest absolute Gasteiger partial charge is 0.0797 e. The standard InChI is InChI=1S/C16H24N2S2/c1-3-5-7-15(19)17-13-9-11-14(12-10-13)18-16(20)8-6-4-2/h9-12H,3-8H2,1-2H3,(H,17,19)(H,18,20). The Morgan fingerprint density at radius 1 is 0.800 bits per heavy atom. The SMILES string of the molecule is CCCCC(=S)Nc1ccc(NC(=S)CCCC)cc1. The molecule has 0 fully saturated rings. The normalized spacial score (nSPS) is 10.1. The zero-order chi connectivity index (χ0) is 14.8. The zero-order valence-corrected chi connectivity index (χ0v) is 14.0. The fourth-order valence-electron chi connectivity index (χ4n) is 1.76. The third kappa shape index (κ3) is 6.96. The van der Waals surface area contributed by atoms with E-state index in [-0.39, 0.29) is 0 Å². The van der Waals surface area contributed by atoms with Crippen molar-refractivity contribution in [2.75, 3.05) is 10.6 Å². The minimum absolute atomic E-state index is 0.908. The van der Waals surface area contributed by atoms with E-state index in [0.717, 1.165) is 47.0 Å². The van der Waals surface area contributed by atoms with Crippen LogP contribution in [0.5, 0.6) is 0 Å². The summed E-state index contributed by atoms with van der Waals surface area (Å²) in [5.74, 6) is 0. The summed E-state index contributed by atoms with van der Waals surface area (Å²) in [6, 6.07) is 8.12. The molecule has 2 nitrogen and oxygen atoms in total. The molecule has 0 aliphatic carbocycles. The van der Waals surface area contributed by atoms with Crippen LogP contribution in [0.25, 0.3) is 0 Å². The van der Waals surface area contributed by atoms with Crippen molar-refractivity contribution in [2.24, 2.45) is 0 Å². The van der Waals surface area contributed by atoms with Crippen LogP contribution >= 0.6 is 24.4 Å². The molecule has 0 saturated carbocycles. The van der Waals surface area contributed by atoms with Gasteiger partial charge >= 0.3 is 0 Å². The van der Waals surface area contributed by atoms with E-state index in [9.17, 15) is 0 Å². The molecule has 1 aromatic carbocycles. The van der Waals surface area contributed by atoms with Crippen molar-refractivity contribution < 1.29 is 0 Å². The Balaban J connectivity index is 2.43. The molecule has 0 amide bonds.